The summed E-state index contributed by atoms with van der Waals surface area (Å²) in [5, 5.41) is 8.72. The van der Waals surface area contributed by atoms with Crippen molar-refractivity contribution in [3.63, 3.8) is 0 Å². The number of ether oxygens (including phenoxy) is 1. The van der Waals surface area contributed by atoms with E-state index >= 15 is 0 Å². The molecule has 1 aliphatic heterocycles. The van der Waals surface area contributed by atoms with Crippen LogP contribution in [0.25, 0.3) is 0 Å². The second-order valence-corrected chi connectivity index (χ2v) is 4.81. The van der Waals surface area contributed by atoms with Crippen LogP contribution in [0.15, 0.2) is 12.4 Å². The van der Waals surface area contributed by atoms with Gasteiger partial charge in [-0.3, -0.25) is 9.78 Å². The minimum Gasteiger partial charge on any atom is -0.480 e. The van der Waals surface area contributed by atoms with E-state index in [9.17, 15) is 9.59 Å². The predicted octanol–water partition coefficient (Wildman–Crippen LogP) is 0.836. The number of aromatic nitrogens is 2. The van der Waals surface area contributed by atoms with Gasteiger partial charge in [-0.15, -0.1) is 0 Å². The predicted molar refractivity (Wildman–Crippen MR) is 69.6 cm³/mol. The smallest absolute Gasteiger partial charge is 0.329 e. The lowest BCUT2D eigenvalue weighted by Crippen LogP contribution is -2.41. The van der Waals surface area contributed by atoms with Crippen molar-refractivity contribution < 1.29 is 19.4 Å². The van der Waals surface area contributed by atoms with Gasteiger partial charge in [-0.2, -0.15) is 0 Å². The van der Waals surface area contributed by atoms with E-state index in [1.165, 1.54) is 12.4 Å². The van der Waals surface area contributed by atoms with Gasteiger partial charge in [0.2, 0.25) is 0 Å². The lowest BCUT2D eigenvalue weighted by atomic mass is 10.1. The van der Waals surface area contributed by atoms with Gasteiger partial charge in [-0.25, -0.2) is 9.78 Å². The number of hydrogen-bond donors (Lipinski definition) is 1. The summed E-state index contributed by atoms with van der Waals surface area (Å²) in [4.78, 5) is 32.0. The highest BCUT2D eigenvalue weighted by molar-refractivity contribution is 6.29. The summed E-state index contributed by atoms with van der Waals surface area (Å²) >= 11 is 5.70. The summed E-state index contributed by atoms with van der Waals surface area (Å²) in [6.07, 6.45) is 3.83. The van der Waals surface area contributed by atoms with E-state index in [4.69, 9.17) is 21.4 Å². The first kappa shape index (κ1) is 14.7. The van der Waals surface area contributed by atoms with Crippen LogP contribution in [0.1, 0.15) is 23.3 Å². The maximum absolute atomic E-state index is 12.2. The molecule has 0 radical (unpaired) electrons. The third kappa shape index (κ3) is 3.88. The van der Waals surface area contributed by atoms with Gasteiger partial charge in [0.15, 0.2) is 0 Å². The van der Waals surface area contributed by atoms with Crippen LogP contribution < -0.4 is 0 Å². The number of rotatable bonds is 4. The van der Waals surface area contributed by atoms with Crippen molar-refractivity contribution >= 4 is 23.5 Å². The van der Waals surface area contributed by atoms with Crippen LogP contribution in [-0.2, 0) is 9.53 Å². The van der Waals surface area contributed by atoms with Gasteiger partial charge in [0.05, 0.1) is 18.5 Å². The summed E-state index contributed by atoms with van der Waals surface area (Å²) in [5.74, 6) is -1.21. The van der Waals surface area contributed by atoms with Crippen LogP contribution in [-0.4, -0.2) is 57.7 Å². The molecule has 0 aliphatic carbocycles. The van der Waals surface area contributed by atoms with Crippen LogP contribution in [0.5, 0.6) is 0 Å². The van der Waals surface area contributed by atoms with Crippen LogP contribution in [0.2, 0.25) is 5.15 Å². The summed E-state index contributed by atoms with van der Waals surface area (Å²) in [7, 11) is 0. The van der Waals surface area contributed by atoms with Gasteiger partial charge in [0, 0.05) is 13.1 Å². The van der Waals surface area contributed by atoms with Crippen molar-refractivity contribution in [2.45, 2.75) is 18.9 Å². The van der Waals surface area contributed by atoms with E-state index in [0.717, 1.165) is 0 Å². The number of amides is 1. The first-order chi connectivity index (χ1) is 9.56. The topological polar surface area (TPSA) is 92.6 Å². The highest BCUT2D eigenvalue weighted by Gasteiger charge is 2.25. The molecule has 0 bridgehead atoms. The summed E-state index contributed by atoms with van der Waals surface area (Å²) in [6.45, 7) is 0.688. The first-order valence-electron chi connectivity index (χ1n) is 6.16. The number of halogens is 1. The number of piperidine rings is 1. The quantitative estimate of drug-likeness (QED) is 0.885. The average molecular weight is 300 g/mol. The van der Waals surface area contributed by atoms with E-state index < -0.39 is 5.97 Å². The van der Waals surface area contributed by atoms with E-state index in [1.807, 2.05) is 0 Å². The number of carbonyl (C=O) groups is 2. The van der Waals surface area contributed by atoms with E-state index in [-0.39, 0.29) is 29.5 Å². The molecule has 1 N–H and O–H groups in total. The Labute approximate surface area is 120 Å². The largest absolute Gasteiger partial charge is 0.480 e. The van der Waals surface area contributed by atoms with Gasteiger partial charge in [-0.1, -0.05) is 11.6 Å². The molecule has 1 fully saturated rings. The number of carboxylic acids is 1. The molecule has 2 rings (SSSR count). The van der Waals surface area contributed by atoms with Crippen LogP contribution in [0, 0.1) is 0 Å². The third-order valence-electron chi connectivity index (χ3n) is 3.00. The Morgan fingerprint density at radius 1 is 1.40 bits per heavy atom. The van der Waals surface area contributed by atoms with Crippen molar-refractivity contribution in [1.29, 1.82) is 0 Å². The van der Waals surface area contributed by atoms with Crippen molar-refractivity contribution in [3.05, 3.63) is 23.2 Å². The fourth-order valence-electron chi connectivity index (χ4n) is 2.02. The first-order valence-corrected chi connectivity index (χ1v) is 6.54. The van der Waals surface area contributed by atoms with Gasteiger partial charge >= 0.3 is 5.97 Å². The minimum absolute atomic E-state index is 0.124. The second-order valence-electron chi connectivity index (χ2n) is 4.42. The molecule has 20 heavy (non-hydrogen) atoms. The molecule has 7 nitrogen and oxygen atoms in total. The van der Waals surface area contributed by atoms with Crippen molar-refractivity contribution in [2.75, 3.05) is 19.7 Å². The second kappa shape index (κ2) is 6.62. The number of nitrogens with zero attached hydrogens (tertiary/aromatic N) is 3. The molecule has 2 heterocycles. The minimum atomic E-state index is -0.988. The van der Waals surface area contributed by atoms with Crippen molar-refractivity contribution in [2.24, 2.45) is 0 Å². The zero-order valence-electron chi connectivity index (χ0n) is 10.7. The van der Waals surface area contributed by atoms with Gasteiger partial charge in [0.25, 0.3) is 5.91 Å². The Hall–Kier alpha value is -1.73. The number of aliphatic carboxylic acids is 1. The average Bonchev–Trinajstić information content (AvgIpc) is 2.45. The normalized spacial score (nSPS) is 16.1. The number of carboxylic acid groups (broad SMARTS) is 1. The Morgan fingerprint density at radius 2 is 2.10 bits per heavy atom. The SMILES string of the molecule is O=C(O)COC1CCN(C(=O)c2cncc(Cl)n2)CC1. The third-order valence-corrected chi connectivity index (χ3v) is 3.18. The molecule has 0 unspecified atom stereocenters. The zero-order valence-corrected chi connectivity index (χ0v) is 11.4. The Balaban J connectivity index is 1.87. The molecule has 0 spiro atoms. The lowest BCUT2D eigenvalue weighted by molar-refractivity contribution is -0.145. The fourth-order valence-corrected chi connectivity index (χ4v) is 2.17. The molecule has 1 amide bonds. The Kier molecular flexibility index (Phi) is 4.86. The molecule has 1 aliphatic rings. The number of likely N-dealkylation sites (tertiary alicyclic amines) is 1. The van der Waals surface area contributed by atoms with Gasteiger partial charge in [0.1, 0.15) is 17.5 Å². The van der Waals surface area contributed by atoms with E-state index in [1.54, 1.807) is 4.90 Å². The number of hydrogen-bond acceptors (Lipinski definition) is 5. The molecule has 108 valence electrons. The highest BCUT2D eigenvalue weighted by Crippen LogP contribution is 2.16. The molecular formula is C12H14ClN3O4. The molecule has 8 heteroatoms. The fraction of sp³-hybridized carbons (Fsp3) is 0.500. The molecule has 1 saturated heterocycles. The molecule has 0 aromatic carbocycles. The van der Waals surface area contributed by atoms with Crippen molar-refractivity contribution in [1.82, 2.24) is 14.9 Å². The molecule has 1 aromatic heterocycles. The summed E-state index contributed by atoms with van der Waals surface area (Å²) in [5.41, 5.74) is 0.211. The maximum atomic E-state index is 12.2. The van der Waals surface area contributed by atoms with Crippen LogP contribution >= 0.6 is 11.6 Å². The standard InChI is InChI=1S/C12H14ClN3O4/c13-10-6-14-5-9(15-10)12(19)16-3-1-8(2-4-16)20-7-11(17)18/h5-6,8H,1-4,7H2,(H,17,18). The van der Waals surface area contributed by atoms with Crippen LogP contribution in [0.4, 0.5) is 0 Å². The van der Waals surface area contributed by atoms with Crippen molar-refractivity contribution in [3.8, 4) is 0 Å². The maximum Gasteiger partial charge on any atom is 0.329 e. The molecular weight excluding hydrogens is 286 g/mol. The zero-order chi connectivity index (χ0) is 14.5. The summed E-state index contributed by atoms with van der Waals surface area (Å²) < 4.78 is 5.21. The lowest BCUT2D eigenvalue weighted by Gasteiger charge is -2.31. The molecule has 0 saturated carbocycles. The van der Waals surface area contributed by atoms with Gasteiger partial charge in [-0.05, 0) is 12.8 Å². The summed E-state index contributed by atoms with van der Waals surface area (Å²) in [6, 6.07) is 0. The Bertz CT molecular complexity index is 503. The highest BCUT2D eigenvalue weighted by atomic mass is 35.5. The monoisotopic (exact) mass is 299 g/mol. The van der Waals surface area contributed by atoms with Gasteiger partial charge < -0.3 is 14.7 Å². The van der Waals surface area contributed by atoms with E-state index in [0.29, 0.717) is 25.9 Å². The Morgan fingerprint density at radius 3 is 2.70 bits per heavy atom. The molecule has 1 aromatic rings. The van der Waals surface area contributed by atoms with Crippen LogP contribution in [0.3, 0.4) is 0 Å². The van der Waals surface area contributed by atoms with E-state index in [2.05, 4.69) is 9.97 Å². The number of carbonyl (C=O) groups excluding carboxylic acids is 1. The molecule has 0 atom stereocenters.